The van der Waals surface area contributed by atoms with Gasteiger partial charge in [0, 0.05) is 16.5 Å². The molecule has 0 fully saturated rings. The highest BCUT2D eigenvalue weighted by Gasteiger charge is 2.13. The first-order valence-corrected chi connectivity index (χ1v) is 8.31. The van der Waals surface area contributed by atoms with Gasteiger partial charge in [0.15, 0.2) is 0 Å². The fourth-order valence-corrected chi connectivity index (χ4v) is 3.71. The van der Waals surface area contributed by atoms with Crippen LogP contribution in [0.15, 0.2) is 84.9 Å². The Hall–Kier alpha value is -3.06. The molecule has 0 aliphatic heterocycles. The lowest BCUT2D eigenvalue weighted by atomic mass is 10.0. The zero-order valence-electron chi connectivity index (χ0n) is 13.5. The summed E-state index contributed by atoms with van der Waals surface area (Å²) in [4.78, 5) is 0. The molecule has 114 valence electrons. The first-order chi connectivity index (χ1) is 11.8. The molecule has 0 aliphatic rings. The van der Waals surface area contributed by atoms with Crippen molar-refractivity contribution in [3.63, 3.8) is 0 Å². The molecule has 0 atom stereocenters. The lowest BCUT2D eigenvalue weighted by molar-refractivity contribution is 1.18. The monoisotopic (exact) mass is 307 g/mol. The average molecular weight is 307 g/mol. The van der Waals surface area contributed by atoms with E-state index >= 15 is 0 Å². The smallest absolute Gasteiger partial charge is 0.0547 e. The summed E-state index contributed by atoms with van der Waals surface area (Å²) in [5.74, 6) is 0. The molecule has 1 heterocycles. The Balaban J connectivity index is 2.02. The van der Waals surface area contributed by atoms with E-state index in [1.54, 1.807) is 0 Å². The normalized spacial score (nSPS) is 11.5. The number of nitrogens with zero attached hydrogens (tertiary/aromatic N) is 1. The minimum atomic E-state index is 1.21. The molecule has 0 spiro atoms. The molecular weight excluding hydrogens is 290 g/mol. The van der Waals surface area contributed by atoms with Gasteiger partial charge in [0.25, 0.3) is 0 Å². The molecular formula is C23H17N. The summed E-state index contributed by atoms with van der Waals surface area (Å²) < 4.78 is 2.37. The minimum Gasteiger partial charge on any atom is -0.309 e. The maximum absolute atomic E-state index is 2.37. The average Bonchev–Trinajstić information content (AvgIpc) is 2.97. The highest BCUT2D eigenvalue weighted by Crippen LogP contribution is 2.36. The molecule has 4 aromatic carbocycles. The molecule has 0 amide bonds. The van der Waals surface area contributed by atoms with E-state index in [1.165, 1.54) is 43.8 Å². The molecule has 0 radical (unpaired) electrons. The molecule has 24 heavy (non-hydrogen) atoms. The fraction of sp³-hybridized carbons (Fsp3) is 0.0435. The summed E-state index contributed by atoms with van der Waals surface area (Å²) in [6, 6.07) is 30.6. The van der Waals surface area contributed by atoms with Gasteiger partial charge in [-0.25, -0.2) is 0 Å². The van der Waals surface area contributed by atoms with E-state index in [0.717, 1.165) is 0 Å². The van der Waals surface area contributed by atoms with Crippen LogP contribution in [0.1, 0.15) is 5.56 Å². The Morgan fingerprint density at radius 2 is 1.29 bits per heavy atom. The first-order valence-electron chi connectivity index (χ1n) is 8.31. The quantitative estimate of drug-likeness (QED) is 0.345. The zero-order chi connectivity index (χ0) is 16.1. The minimum absolute atomic E-state index is 1.21. The van der Waals surface area contributed by atoms with Crippen LogP contribution in [0.3, 0.4) is 0 Å². The molecule has 0 unspecified atom stereocenters. The van der Waals surface area contributed by atoms with Gasteiger partial charge >= 0.3 is 0 Å². The number of fused-ring (bicyclic) bond motifs is 5. The molecule has 0 saturated carbocycles. The van der Waals surface area contributed by atoms with Gasteiger partial charge in [-0.3, -0.25) is 0 Å². The Morgan fingerprint density at radius 3 is 2.12 bits per heavy atom. The lowest BCUT2D eigenvalue weighted by Gasteiger charge is -2.08. The van der Waals surface area contributed by atoms with Crippen LogP contribution >= 0.6 is 0 Å². The van der Waals surface area contributed by atoms with E-state index in [9.17, 15) is 0 Å². The number of aromatic nitrogens is 1. The Morgan fingerprint density at radius 1 is 0.583 bits per heavy atom. The molecule has 1 aromatic heterocycles. The number of benzene rings is 4. The summed E-state index contributed by atoms with van der Waals surface area (Å²) in [5, 5.41) is 5.25. The third kappa shape index (κ3) is 1.82. The number of hydrogen-bond donors (Lipinski definition) is 0. The van der Waals surface area contributed by atoms with Crippen LogP contribution in [0.4, 0.5) is 0 Å². The first kappa shape index (κ1) is 13.4. The van der Waals surface area contributed by atoms with Gasteiger partial charge in [-0.15, -0.1) is 0 Å². The SMILES string of the molecule is Cc1ccc(-n2c3ccccc3c3c4ccccc4ccc32)cc1. The largest absolute Gasteiger partial charge is 0.309 e. The Bertz CT molecular complexity index is 1190. The Labute approximate surface area is 140 Å². The van der Waals surface area contributed by atoms with Gasteiger partial charge in [0.05, 0.1) is 11.0 Å². The van der Waals surface area contributed by atoms with Crippen molar-refractivity contribution < 1.29 is 0 Å². The topological polar surface area (TPSA) is 4.93 Å². The van der Waals surface area contributed by atoms with E-state index in [1.807, 2.05) is 0 Å². The molecule has 0 N–H and O–H groups in total. The summed E-state index contributed by atoms with van der Waals surface area (Å²) in [6.45, 7) is 2.13. The number of hydrogen-bond acceptors (Lipinski definition) is 0. The van der Waals surface area contributed by atoms with Gasteiger partial charge < -0.3 is 4.57 Å². The van der Waals surface area contributed by atoms with Gasteiger partial charge in [0.2, 0.25) is 0 Å². The Kier molecular flexibility index (Phi) is 2.77. The van der Waals surface area contributed by atoms with Crippen molar-refractivity contribution in [2.75, 3.05) is 0 Å². The lowest BCUT2D eigenvalue weighted by Crippen LogP contribution is -1.93. The van der Waals surface area contributed by atoms with Crippen LogP contribution in [-0.4, -0.2) is 4.57 Å². The molecule has 0 bridgehead atoms. The van der Waals surface area contributed by atoms with Crippen molar-refractivity contribution in [1.29, 1.82) is 0 Å². The molecule has 1 nitrogen and oxygen atoms in total. The van der Waals surface area contributed by atoms with Crippen molar-refractivity contribution in [1.82, 2.24) is 4.57 Å². The van der Waals surface area contributed by atoms with E-state index in [-0.39, 0.29) is 0 Å². The van der Waals surface area contributed by atoms with Crippen molar-refractivity contribution in [3.05, 3.63) is 90.5 Å². The molecule has 0 saturated heterocycles. The van der Waals surface area contributed by atoms with Crippen molar-refractivity contribution >= 4 is 32.6 Å². The summed E-state index contributed by atoms with van der Waals surface area (Å²) in [6.07, 6.45) is 0. The van der Waals surface area contributed by atoms with E-state index in [2.05, 4.69) is 96.4 Å². The van der Waals surface area contributed by atoms with Crippen LogP contribution in [0, 0.1) is 6.92 Å². The fourth-order valence-electron chi connectivity index (χ4n) is 3.71. The summed E-state index contributed by atoms with van der Waals surface area (Å²) >= 11 is 0. The van der Waals surface area contributed by atoms with E-state index in [0.29, 0.717) is 0 Å². The second-order valence-electron chi connectivity index (χ2n) is 6.37. The highest BCUT2D eigenvalue weighted by molar-refractivity contribution is 6.21. The molecule has 1 heteroatoms. The van der Waals surface area contributed by atoms with Gasteiger partial charge in [-0.2, -0.15) is 0 Å². The van der Waals surface area contributed by atoms with Gasteiger partial charge in [-0.1, -0.05) is 66.2 Å². The van der Waals surface area contributed by atoms with Crippen LogP contribution in [0.25, 0.3) is 38.3 Å². The zero-order valence-corrected chi connectivity index (χ0v) is 13.5. The maximum Gasteiger partial charge on any atom is 0.0547 e. The predicted molar refractivity (Wildman–Crippen MR) is 103 cm³/mol. The molecule has 5 rings (SSSR count). The van der Waals surface area contributed by atoms with Crippen LogP contribution in [0.2, 0.25) is 0 Å². The van der Waals surface area contributed by atoms with Gasteiger partial charge in [0.1, 0.15) is 0 Å². The second-order valence-corrected chi connectivity index (χ2v) is 6.37. The van der Waals surface area contributed by atoms with Crippen molar-refractivity contribution in [3.8, 4) is 5.69 Å². The van der Waals surface area contributed by atoms with Crippen LogP contribution in [0.5, 0.6) is 0 Å². The van der Waals surface area contributed by atoms with Crippen LogP contribution in [-0.2, 0) is 0 Å². The second kappa shape index (κ2) is 4.97. The highest BCUT2D eigenvalue weighted by atomic mass is 15.0. The standard InChI is InChI=1S/C23H17N/c1-16-10-13-18(14-11-16)24-21-9-5-4-8-20(21)23-19-7-3-2-6-17(19)12-15-22(23)24/h2-15H,1H3. The molecule has 5 aromatic rings. The predicted octanol–water partition coefficient (Wildman–Crippen LogP) is 6.25. The maximum atomic E-state index is 2.37. The third-order valence-corrected chi connectivity index (χ3v) is 4.85. The van der Waals surface area contributed by atoms with Crippen molar-refractivity contribution in [2.45, 2.75) is 6.92 Å². The summed E-state index contributed by atoms with van der Waals surface area (Å²) in [5.41, 5.74) is 5.01. The number of rotatable bonds is 1. The van der Waals surface area contributed by atoms with E-state index < -0.39 is 0 Å². The van der Waals surface area contributed by atoms with Gasteiger partial charge in [-0.05, 0) is 42.0 Å². The van der Waals surface area contributed by atoms with Crippen LogP contribution < -0.4 is 0 Å². The van der Waals surface area contributed by atoms with E-state index in [4.69, 9.17) is 0 Å². The number of aryl methyl sites for hydroxylation is 1. The number of para-hydroxylation sites is 1. The molecule has 0 aliphatic carbocycles. The third-order valence-electron chi connectivity index (χ3n) is 4.85. The summed E-state index contributed by atoms with van der Waals surface area (Å²) in [7, 11) is 0. The van der Waals surface area contributed by atoms with Crippen molar-refractivity contribution in [2.24, 2.45) is 0 Å².